The Morgan fingerprint density at radius 3 is 2.42 bits per heavy atom. The van der Waals surface area contributed by atoms with Gasteiger partial charge < -0.3 is 16.4 Å². The second-order valence-electron chi connectivity index (χ2n) is 6.74. The molecule has 0 fully saturated rings. The van der Waals surface area contributed by atoms with Crippen LogP contribution in [0.1, 0.15) is 36.4 Å². The number of nitrogens with zero attached hydrogens (tertiary/aromatic N) is 2. The molecular formula is C19H27N5O2. The minimum Gasteiger partial charge on any atom is -0.352 e. The van der Waals surface area contributed by atoms with E-state index in [-0.39, 0.29) is 11.8 Å². The van der Waals surface area contributed by atoms with Gasteiger partial charge in [0, 0.05) is 17.8 Å². The number of primary amides is 1. The molecule has 0 aliphatic carbocycles. The summed E-state index contributed by atoms with van der Waals surface area (Å²) in [5.74, 6) is -0.320. The van der Waals surface area contributed by atoms with Gasteiger partial charge in [0.15, 0.2) is 0 Å². The smallest absolute Gasteiger partial charge is 0.312 e. The summed E-state index contributed by atoms with van der Waals surface area (Å²) in [4.78, 5) is 23.5. The summed E-state index contributed by atoms with van der Waals surface area (Å²) >= 11 is 0. The topological polar surface area (TPSA) is 102 Å². The molecule has 4 N–H and O–H groups in total. The summed E-state index contributed by atoms with van der Waals surface area (Å²) in [6.07, 6.45) is 0. The molecule has 1 heterocycles. The van der Waals surface area contributed by atoms with E-state index in [1.54, 1.807) is 0 Å². The minimum absolute atomic E-state index is 0.0644. The van der Waals surface area contributed by atoms with Crippen molar-refractivity contribution >= 4 is 11.9 Å². The van der Waals surface area contributed by atoms with E-state index in [4.69, 9.17) is 5.73 Å². The highest BCUT2D eigenvalue weighted by atomic mass is 16.2. The van der Waals surface area contributed by atoms with Gasteiger partial charge in [-0.3, -0.25) is 9.48 Å². The summed E-state index contributed by atoms with van der Waals surface area (Å²) in [7, 11) is 0. The second-order valence-corrected chi connectivity index (χ2v) is 6.74. The Balaban J connectivity index is 2.07. The van der Waals surface area contributed by atoms with Crippen molar-refractivity contribution in [1.29, 1.82) is 0 Å². The first-order valence-corrected chi connectivity index (χ1v) is 8.70. The third-order valence-corrected chi connectivity index (χ3v) is 4.39. The van der Waals surface area contributed by atoms with Crippen LogP contribution in [-0.2, 0) is 17.9 Å². The monoisotopic (exact) mass is 357 g/mol. The number of carbonyl (C=O) groups is 2. The summed E-state index contributed by atoms with van der Waals surface area (Å²) in [6.45, 7) is 8.67. The quantitative estimate of drug-likeness (QED) is 0.705. The molecule has 7 heteroatoms. The zero-order chi connectivity index (χ0) is 19.3. The predicted octanol–water partition coefficient (Wildman–Crippen LogP) is 1.86. The highest BCUT2D eigenvalue weighted by Gasteiger charge is 2.23. The fourth-order valence-corrected chi connectivity index (χ4v) is 2.87. The lowest BCUT2D eigenvalue weighted by Gasteiger charge is -2.20. The molecule has 2 aromatic rings. The fraction of sp³-hybridized carbons (Fsp3) is 0.421. The Kier molecular flexibility index (Phi) is 6.38. The summed E-state index contributed by atoms with van der Waals surface area (Å²) < 4.78 is 1.94. The lowest BCUT2D eigenvalue weighted by molar-refractivity contribution is -0.124. The Morgan fingerprint density at radius 1 is 1.19 bits per heavy atom. The maximum atomic E-state index is 12.4. The number of aromatic nitrogens is 2. The standard InChI is InChI=1S/C19H27N5O2/c1-12(2)17(22-19(20)26)18(25)21-10-16-13(3)23-24(14(16)4)11-15-8-6-5-7-9-15/h5-9,12,17H,10-11H2,1-4H3,(H,21,25)(H3,20,22,26)/t17-/m0/s1. The third-order valence-electron chi connectivity index (χ3n) is 4.39. The highest BCUT2D eigenvalue weighted by molar-refractivity contribution is 5.86. The van der Waals surface area contributed by atoms with Crippen LogP contribution in [0.15, 0.2) is 30.3 Å². The summed E-state index contributed by atoms with van der Waals surface area (Å²) in [6, 6.07) is 8.73. The van der Waals surface area contributed by atoms with Crippen LogP contribution in [0.5, 0.6) is 0 Å². The molecule has 2 rings (SSSR count). The van der Waals surface area contributed by atoms with Crippen molar-refractivity contribution in [3.63, 3.8) is 0 Å². The Hall–Kier alpha value is -2.83. The molecule has 0 saturated heterocycles. The van der Waals surface area contributed by atoms with Crippen LogP contribution in [-0.4, -0.2) is 27.8 Å². The van der Waals surface area contributed by atoms with Crippen LogP contribution in [0, 0.1) is 19.8 Å². The van der Waals surface area contributed by atoms with Crippen LogP contribution in [0.2, 0.25) is 0 Å². The van der Waals surface area contributed by atoms with Gasteiger partial charge in [-0.05, 0) is 25.3 Å². The second kappa shape index (κ2) is 8.51. The zero-order valence-electron chi connectivity index (χ0n) is 15.7. The molecule has 3 amide bonds. The number of carbonyl (C=O) groups excluding carboxylic acids is 2. The van der Waals surface area contributed by atoms with E-state index in [0.717, 1.165) is 17.0 Å². The molecule has 0 aliphatic heterocycles. The number of amides is 3. The lowest BCUT2D eigenvalue weighted by atomic mass is 10.0. The Labute approximate surface area is 154 Å². The van der Waals surface area contributed by atoms with Gasteiger partial charge in [0.05, 0.1) is 12.2 Å². The molecule has 0 saturated carbocycles. The molecule has 1 aromatic heterocycles. The largest absolute Gasteiger partial charge is 0.352 e. The van der Waals surface area contributed by atoms with E-state index in [1.165, 1.54) is 5.56 Å². The van der Waals surface area contributed by atoms with E-state index < -0.39 is 12.1 Å². The summed E-state index contributed by atoms with van der Waals surface area (Å²) in [5, 5.41) is 9.96. The van der Waals surface area contributed by atoms with Crippen molar-refractivity contribution in [1.82, 2.24) is 20.4 Å². The van der Waals surface area contributed by atoms with E-state index in [2.05, 4.69) is 27.9 Å². The number of urea groups is 1. The minimum atomic E-state index is -0.707. The fourth-order valence-electron chi connectivity index (χ4n) is 2.87. The highest BCUT2D eigenvalue weighted by Crippen LogP contribution is 2.15. The molecule has 0 spiro atoms. The molecule has 0 bridgehead atoms. The first kappa shape index (κ1) is 19.5. The van der Waals surface area contributed by atoms with Crippen LogP contribution in [0.3, 0.4) is 0 Å². The summed E-state index contributed by atoms with van der Waals surface area (Å²) in [5.41, 5.74) is 9.19. The van der Waals surface area contributed by atoms with Crippen molar-refractivity contribution in [2.45, 2.75) is 46.8 Å². The number of hydrogen-bond acceptors (Lipinski definition) is 3. The average Bonchev–Trinajstić information content (AvgIpc) is 2.84. The van der Waals surface area contributed by atoms with Gasteiger partial charge in [0.25, 0.3) is 0 Å². The lowest BCUT2D eigenvalue weighted by Crippen LogP contribution is -2.51. The molecule has 7 nitrogen and oxygen atoms in total. The van der Waals surface area contributed by atoms with E-state index in [1.807, 2.05) is 50.6 Å². The number of rotatable bonds is 7. The predicted molar refractivity (Wildman–Crippen MR) is 100 cm³/mol. The van der Waals surface area contributed by atoms with Gasteiger partial charge in [-0.2, -0.15) is 5.10 Å². The first-order chi connectivity index (χ1) is 12.3. The molecule has 1 atom stereocenters. The van der Waals surface area contributed by atoms with E-state index in [9.17, 15) is 9.59 Å². The molecule has 140 valence electrons. The average molecular weight is 357 g/mol. The maximum absolute atomic E-state index is 12.4. The normalized spacial score (nSPS) is 12.0. The first-order valence-electron chi connectivity index (χ1n) is 8.70. The van der Waals surface area contributed by atoms with Crippen molar-refractivity contribution in [2.24, 2.45) is 11.7 Å². The number of aryl methyl sites for hydroxylation is 1. The van der Waals surface area contributed by atoms with E-state index in [0.29, 0.717) is 13.1 Å². The van der Waals surface area contributed by atoms with Crippen molar-refractivity contribution in [3.05, 3.63) is 52.8 Å². The number of hydrogen-bond donors (Lipinski definition) is 3. The molecular weight excluding hydrogens is 330 g/mol. The van der Waals surface area contributed by atoms with E-state index >= 15 is 0 Å². The number of benzene rings is 1. The maximum Gasteiger partial charge on any atom is 0.312 e. The molecule has 0 unspecified atom stereocenters. The molecule has 0 radical (unpaired) electrons. The Bertz CT molecular complexity index is 768. The van der Waals surface area contributed by atoms with Gasteiger partial charge in [0.1, 0.15) is 6.04 Å². The Morgan fingerprint density at radius 2 is 1.85 bits per heavy atom. The SMILES string of the molecule is Cc1nn(Cc2ccccc2)c(C)c1CNC(=O)[C@@H](NC(N)=O)C(C)C. The zero-order valence-corrected chi connectivity index (χ0v) is 15.7. The van der Waals surface area contributed by atoms with Crippen molar-refractivity contribution in [2.75, 3.05) is 0 Å². The third kappa shape index (κ3) is 4.84. The van der Waals surface area contributed by atoms with Gasteiger partial charge >= 0.3 is 6.03 Å². The van der Waals surface area contributed by atoms with Gasteiger partial charge in [0.2, 0.25) is 5.91 Å². The van der Waals surface area contributed by atoms with Crippen LogP contribution < -0.4 is 16.4 Å². The van der Waals surface area contributed by atoms with Gasteiger partial charge in [-0.1, -0.05) is 44.2 Å². The van der Waals surface area contributed by atoms with Crippen molar-refractivity contribution < 1.29 is 9.59 Å². The molecule has 26 heavy (non-hydrogen) atoms. The molecule has 1 aromatic carbocycles. The number of nitrogens with two attached hydrogens (primary N) is 1. The number of nitrogens with one attached hydrogen (secondary N) is 2. The van der Waals surface area contributed by atoms with Gasteiger partial charge in [-0.25, -0.2) is 4.79 Å². The molecule has 0 aliphatic rings. The van der Waals surface area contributed by atoms with Crippen LogP contribution >= 0.6 is 0 Å². The van der Waals surface area contributed by atoms with Crippen LogP contribution in [0.4, 0.5) is 4.79 Å². The van der Waals surface area contributed by atoms with Gasteiger partial charge in [-0.15, -0.1) is 0 Å². The van der Waals surface area contributed by atoms with Crippen LogP contribution in [0.25, 0.3) is 0 Å². The van der Waals surface area contributed by atoms with Crippen molar-refractivity contribution in [3.8, 4) is 0 Å².